The van der Waals surface area contributed by atoms with Gasteiger partial charge in [-0.15, -0.1) is 10.2 Å². The van der Waals surface area contributed by atoms with E-state index < -0.39 is 12.0 Å². The number of carbonyl (C=O) groups excluding carboxylic acids is 1. The third-order valence-electron chi connectivity index (χ3n) is 3.19. The predicted molar refractivity (Wildman–Crippen MR) is 68.0 cm³/mol. The molecular formula is C12H16N4O3. The Labute approximate surface area is 110 Å². The van der Waals surface area contributed by atoms with Gasteiger partial charge in [0, 0.05) is 13.6 Å². The lowest BCUT2D eigenvalue weighted by Gasteiger charge is -2.33. The van der Waals surface area contributed by atoms with Crippen LogP contribution in [0.5, 0.6) is 0 Å². The molecule has 19 heavy (non-hydrogen) atoms. The zero-order valence-corrected chi connectivity index (χ0v) is 10.7. The summed E-state index contributed by atoms with van der Waals surface area (Å²) in [6, 6.07) is 2.63. The first-order valence-corrected chi connectivity index (χ1v) is 6.18. The van der Waals surface area contributed by atoms with Gasteiger partial charge in [-0.2, -0.15) is 0 Å². The van der Waals surface area contributed by atoms with E-state index in [-0.39, 0.29) is 11.6 Å². The van der Waals surface area contributed by atoms with Crippen molar-refractivity contribution in [3.8, 4) is 0 Å². The molecule has 1 amide bonds. The first kappa shape index (κ1) is 13.3. The second kappa shape index (κ2) is 5.64. The van der Waals surface area contributed by atoms with E-state index >= 15 is 0 Å². The molecule has 0 radical (unpaired) electrons. The number of aromatic nitrogens is 2. The number of hydrogen-bond acceptors (Lipinski definition) is 5. The molecule has 1 aliphatic rings. The molecule has 1 aromatic heterocycles. The van der Waals surface area contributed by atoms with E-state index in [1.54, 1.807) is 17.0 Å². The van der Waals surface area contributed by atoms with Gasteiger partial charge in [0.15, 0.2) is 11.5 Å². The van der Waals surface area contributed by atoms with Crippen molar-refractivity contribution in [2.24, 2.45) is 0 Å². The van der Waals surface area contributed by atoms with E-state index in [2.05, 4.69) is 15.5 Å². The van der Waals surface area contributed by atoms with Crippen molar-refractivity contribution < 1.29 is 14.7 Å². The first-order valence-electron chi connectivity index (χ1n) is 6.18. The second-order valence-electron chi connectivity index (χ2n) is 4.40. The summed E-state index contributed by atoms with van der Waals surface area (Å²) in [5.74, 6) is -0.663. The number of nitrogens with zero attached hydrogens (tertiary/aromatic N) is 3. The van der Waals surface area contributed by atoms with E-state index in [1.165, 1.54) is 7.05 Å². The molecule has 102 valence electrons. The highest BCUT2D eigenvalue weighted by molar-refractivity contribution is 5.92. The summed E-state index contributed by atoms with van der Waals surface area (Å²) in [5, 5.41) is 19.4. The largest absolute Gasteiger partial charge is 0.480 e. The smallest absolute Gasteiger partial charge is 0.326 e. The van der Waals surface area contributed by atoms with Crippen LogP contribution in [0.2, 0.25) is 0 Å². The number of rotatable bonds is 3. The molecule has 1 atom stereocenters. The van der Waals surface area contributed by atoms with Crippen molar-refractivity contribution in [1.82, 2.24) is 15.5 Å². The predicted octanol–water partition coefficient (Wildman–Crippen LogP) is 0.280. The molecule has 0 aromatic carbocycles. The van der Waals surface area contributed by atoms with E-state index in [4.69, 9.17) is 0 Å². The average molecular weight is 264 g/mol. The van der Waals surface area contributed by atoms with Gasteiger partial charge in [0.2, 0.25) is 0 Å². The van der Waals surface area contributed by atoms with Gasteiger partial charge in [-0.3, -0.25) is 4.79 Å². The maximum absolute atomic E-state index is 11.4. The Morgan fingerprint density at radius 3 is 2.74 bits per heavy atom. The molecule has 0 saturated carbocycles. The summed E-state index contributed by atoms with van der Waals surface area (Å²) < 4.78 is 0. The number of piperidine rings is 1. The Morgan fingerprint density at radius 1 is 1.37 bits per heavy atom. The van der Waals surface area contributed by atoms with Crippen molar-refractivity contribution >= 4 is 17.7 Å². The lowest BCUT2D eigenvalue weighted by Crippen LogP contribution is -2.45. The molecule has 0 bridgehead atoms. The summed E-state index contributed by atoms with van der Waals surface area (Å²) in [5.41, 5.74) is 0.218. The third kappa shape index (κ3) is 2.81. The van der Waals surface area contributed by atoms with Crippen LogP contribution in [0.15, 0.2) is 12.1 Å². The number of carboxylic acids is 1. The van der Waals surface area contributed by atoms with Crippen LogP contribution in [-0.2, 0) is 4.79 Å². The molecular weight excluding hydrogens is 248 g/mol. The minimum Gasteiger partial charge on any atom is -0.480 e. The summed E-state index contributed by atoms with van der Waals surface area (Å²) >= 11 is 0. The lowest BCUT2D eigenvalue weighted by molar-refractivity contribution is -0.139. The van der Waals surface area contributed by atoms with Crippen molar-refractivity contribution in [3.05, 3.63) is 17.8 Å². The summed E-state index contributed by atoms with van der Waals surface area (Å²) in [4.78, 5) is 24.3. The van der Waals surface area contributed by atoms with Crippen molar-refractivity contribution in [3.63, 3.8) is 0 Å². The monoisotopic (exact) mass is 264 g/mol. The molecule has 1 saturated heterocycles. The summed E-state index contributed by atoms with van der Waals surface area (Å²) in [6.07, 6.45) is 2.44. The van der Waals surface area contributed by atoms with Gasteiger partial charge in [-0.1, -0.05) is 0 Å². The van der Waals surface area contributed by atoms with Crippen molar-refractivity contribution in [2.75, 3.05) is 18.5 Å². The molecule has 0 spiro atoms. The van der Waals surface area contributed by atoms with Crippen LogP contribution in [0, 0.1) is 0 Å². The van der Waals surface area contributed by atoms with Crippen molar-refractivity contribution in [2.45, 2.75) is 25.3 Å². The van der Waals surface area contributed by atoms with Crippen LogP contribution < -0.4 is 10.2 Å². The highest BCUT2D eigenvalue weighted by Crippen LogP contribution is 2.22. The number of hydrogen-bond donors (Lipinski definition) is 2. The molecule has 2 rings (SSSR count). The van der Waals surface area contributed by atoms with Crippen LogP contribution in [0.3, 0.4) is 0 Å². The van der Waals surface area contributed by atoms with Crippen LogP contribution in [0.1, 0.15) is 29.8 Å². The Kier molecular flexibility index (Phi) is 3.94. The molecule has 1 aromatic rings. The molecule has 1 fully saturated rings. The van der Waals surface area contributed by atoms with Gasteiger partial charge in [-0.05, 0) is 31.4 Å². The van der Waals surface area contributed by atoms with E-state index in [9.17, 15) is 14.7 Å². The molecule has 1 aliphatic heterocycles. The van der Waals surface area contributed by atoms with Gasteiger partial charge in [0.1, 0.15) is 6.04 Å². The fourth-order valence-corrected chi connectivity index (χ4v) is 2.19. The van der Waals surface area contributed by atoms with E-state index in [1.807, 2.05) is 0 Å². The SMILES string of the molecule is CNC(=O)c1ccc(N2CCCCC2C(=O)O)nn1. The quantitative estimate of drug-likeness (QED) is 0.814. The second-order valence-corrected chi connectivity index (χ2v) is 4.40. The molecule has 0 aliphatic carbocycles. The lowest BCUT2D eigenvalue weighted by atomic mass is 10.0. The number of carboxylic acid groups (broad SMARTS) is 1. The molecule has 2 heterocycles. The minimum atomic E-state index is -0.850. The van der Waals surface area contributed by atoms with Crippen LogP contribution >= 0.6 is 0 Å². The van der Waals surface area contributed by atoms with Gasteiger partial charge < -0.3 is 15.3 Å². The van der Waals surface area contributed by atoms with Gasteiger partial charge >= 0.3 is 5.97 Å². The van der Waals surface area contributed by atoms with E-state index in [0.717, 1.165) is 12.8 Å². The highest BCUT2D eigenvalue weighted by Gasteiger charge is 2.29. The number of nitrogens with one attached hydrogen (secondary N) is 1. The van der Waals surface area contributed by atoms with Gasteiger partial charge in [0.25, 0.3) is 5.91 Å². The number of carbonyl (C=O) groups is 2. The fourth-order valence-electron chi connectivity index (χ4n) is 2.19. The maximum atomic E-state index is 11.4. The van der Waals surface area contributed by atoms with Crippen molar-refractivity contribution in [1.29, 1.82) is 0 Å². The van der Waals surface area contributed by atoms with Gasteiger partial charge in [-0.25, -0.2) is 4.79 Å². The third-order valence-corrected chi connectivity index (χ3v) is 3.19. The van der Waals surface area contributed by atoms with E-state index in [0.29, 0.717) is 18.8 Å². The Morgan fingerprint density at radius 2 is 2.16 bits per heavy atom. The number of anilines is 1. The first-order chi connectivity index (χ1) is 9.13. The van der Waals surface area contributed by atoms with Crippen LogP contribution in [0.4, 0.5) is 5.82 Å². The number of amides is 1. The van der Waals surface area contributed by atoms with Crippen LogP contribution in [0.25, 0.3) is 0 Å². The molecule has 1 unspecified atom stereocenters. The summed E-state index contributed by atoms with van der Waals surface area (Å²) in [7, 11) is 1.52. The maximum Gasteiger partial charge on any atom is 0.326 e. The average Bonchev–Trinajstić information content (AvgIpc) is 2.46. The Bertz CT molecular complexity index is 474. The van der Waals surface area contributed by atoms with Gasteiger partial charge in [0.05, 0.1) is 0 Å². The fraction of sp³-hybridized carbons (Fsp3) is 0.500. The minimum absolute atomic E-state index is 0.218. The summed E-state index contributed by atoms with van der Waals surface area (Å²) in [6.45, 7) is 0.644. The zero-order chi connectivity index (χ0) is 13.8. The topological polar surface area (TPSA) is 95.4 Å². The normalized spacial score (nSPS) is 19.0. The molecule has 2 N–H and O–H groups in total. The number of aliphatic carboxylic acids is 1. The van der Waals surface area contributed by atoms with Crippen LogP contribution in [-0.4, -0.2) is 46.8 Å². The Hall–Kier alpha value is -2.18. The zero-order valence-electron chi connectivity index (χ0n) is 10.7. The molecule has 7 heteroatoms. The highest BCUT2D eigenvalue weighted by atomic mass is 16.4. The molecule has 7 nitrogen and oxygen atoms in total. The Balaban J connectivity index is 2.20. The standard InChI is InChI=1S/C12H16N4O3/c1-13-11(17)8-5-6-10(15-14-8)16-7-3-2-4-9(16)12(18)19/h5-6,9H,2-4,7H2,1H3,(H,13,17)(H,18,19).